The Hall–Kier alpha value is -1.02. The first-order valence-electron chi connectivity index (χ1n) is 4.23. The topological polar surface area (TPSA) is 21.3 Å². The standard InChI is InChI=1S/C10H15NO/c1-3-11-8-12-10-7-5-4-6-9(10)2/h4-7,11H,3,8H2,1-2H3. The molecular formula is C10H15NO. The lowest BCUT2D eigenvalue weighted by Crippen LogP contribution is -2.19. The lowest BCUT2D eigenvalue weighted by Gasteiger charge is -2.08. The van der Waals surface area contributed by atoms with Crippen LogP contribution < -0.4 is 10.1 Å². The van der Waals surface area contributed by atoms with Crippen LogP contribution in [-0.4, -0.2) is 13.3 Å². The molecule has 1 N–H and O–H groups in total. The fraction of sp³-hybridized carbons (Fsp3) is 0.400. The van der Waals surface area contributed by atoms with Crippen molar-refractivity contribution < 1.29 is 4.74 Å². The first kappa shape index (κ1) is 9.07. The van der Waals surface area contributed by atoms with Crippen LogP contribution in [0.2, 0.25) is 0 Å². The van der Waals surface area contributed by atoms with Gasteiger partial charge in [-0.05, 0) is 25.1 Å². The predicted molar refractivity (Wildman–Crippen MR) is 50.4 cm³/mol. The monoisotopic (exact) mass is 165 g/mol. The highest BCUT2D eigenvalue weighted by Gasteiger charge is 1.94. The minimum Gasteiger partial charge on any atom is -0.478 e. The Morgan fingerprint density at radius 3 is 2.75 bits per heavy atom. The molecule has 1 aromatic rings. The largest absolute Gasteiger partial charge is 0.478 e. The first-order chi connectivity index (χ1) is 5.84. The van der Waals surface area contributed by atoms with Gasteiger partial charge in [-0.1, -0.05) is 25.1 Å². The van der Waals surface area contributed by atoms with Crippen LogP contribution in [0.4, 0.5) is 0 Å². The molecule has 0 amide bonds. The van der Waals surface area contributed by atoms with Crippen LogP contribution in [0.5, 0.6) is 5.75 Å². The smallest absolute Gasteiger partial charge is 0.139 e. The molecule has 0 saturated heterocycles. The van der Waals surface area contributed by atoms with Gasteiger partial charge < -0.3 is 4.74 Å². The second kappa shape index (κ2) is 4.78. The molecule has 66 valence electrons. The van der Waals surface area contributed by atoms with E-state index in [4.69, 9.17) is 4.74 Å². The van der Waals surface area contributed by atoms with Gasteiger partial charge in [0.2, 0.25) is 0 Å². The molecule has 1 rings (SSSR count). The lowest BCUT2D eigenvalue weighted by molar-refractivity contribution is 0.285. The van der Waals surface area contributed by atoms with Gasteiger partial charge in [-0.25, -0.2) is 0 Å². The summed E-state index contributed by atoms with van der Waals surface area (Å²) in [4.78, 5) is 0. The number of benzene rings is 1. The maximum absolute atomic E-state index is 5.47. The van der Waals surface area contributed by atoms with Crippen molar-refractivity contribution >= 4 is 0 Å². The molecule has 0 aromatic heterocycles. The van der Waals surface area contributed by atoms with Crippen LogP contribution in [0.3, 0.4) is 0 Å². The third-order valence-electron chi connectivity index (χ3n) is 1.67. The maximum Gasteiger partial charge on any atom is 0.139 e. The fourth-order valence-corrected chi connectivity index (χ4v) is 0.949. The minimum atomic E-state index is 0.585. The highest BCUT2D eigenvalue weighted by molar-refractivity contribution is 5.31. The van der Waals surface area contributed by atoms with Crippen molar-refractivity contribution in [2.75, 3.05) is 13.3 Å². The molecule has 1 aromatic carbocycles. The Labute approximate surface area is 73.6 Å². The molecular weight excluding hydrogens is 150 g/mol. The number of rotatable bonds is 4. The van der Waals surface area contributed by atoms with Crippen molar-refractivity contribution in [3.8, 4) is 5.75 Å². The zero-order valence-electron chi connectivity index (χ0n) is 7.63. The van der Waals surface area contributed by atoms with E-state index < -0.39 is 0 Å². The van der Waals surface area contributed by atoms with Gasteiger partial charge in [0.15, 0.2) is 0 Å². The van der Waals surface area contributed by atoms with Crippen LogP contribution in [0.25, 0.3) is 0 Å². The molecule has 2 nitrogen and oxygen atoms in total. The molecule has 12 heavy (non-hydrogen) atoms. The summed E-state index contributed by atoms with van der Waals surface area (Å²) in [6.45, 7) is 5.62. The molecule has 0 bridgehead atoms. The second-order valence-corrected chi connectivity index (χ2v) is 2.66. The van der Waals surface area contributed by atoms with Gasteiger partial charge in [-0.3, -0.25) is 5.32 Å². The Morgan fingerprint density at radius 2 is 2.08 bits per heavy atom. The van der Waals surface area contributed by atoms with Crippen molar-refractivity contribution in [1.82, 2.24) is 5.32 Å². The normalized spacial score (nSPS) is 9.83. The predicted octanol–water partition coefficient (Wildman–Crippen LogP) is 1.94. The zero-order valence-corrected chi connectivity index (χ0v) is 7.63. The van der Waals surface area contributed by atoms with Gasteiger partial charge in [0, 0.05) is 0 Å². The molecule has 0 unspecified atom stereocenters. The van der Waals surface area contributed by atoms with Gasteiger partial charge in [0.05, 0.1) is 0 Å². The second-order valence-electron chi connectivity index (χ2n) is 2.66. The number of ether oxygens (including phenoxy) is 1. The summed E-state index contributed by atoms with van der Waals surface area (Å²) in [6, 6.07) is 8.01. The molecule has 0 radical (unpaired) electrons. The number of hydrogen-bond donors (Lipinski definition) is 1. The van der Waals surface area contributed by atoms with Gasteiger partial charge in [-0.15, -0.1) is 0 Å². The average Bonchev–Trinajstić information content (AvgIpc) is 2.09. The van der Waals surface area contributed by atoms with E-state index >= 15 is 0 Å². The zero-order chi connectivity index (χ0) is 8.81. The molecule has 2 heteroatoms. The van der Waals surface area contributed by atoms with Crippen molar-refractivity contribution in [2.24, 2.45) is 0 Å². The van der Waals surface area contributed by atoms with Gasteiger partial charge in [-0.2, -0.15) is 0 Å². The van der Waals surface area contributed by atoms with E-state index in [1.165, 1.54) is 5.56 Å². The Balaban J connectivity index is 2.46. The van der Waals surface area contributed by atoms with E-state index in [-0.39, 0.29) is 0 Å². The third kappa shape index (κ3) is 2.55. The number of aryl methyl sites for hydroxylation is 1. The van der Waals surface area contributed by atoms with Gasteiger partial charge in [0.25, 0.3) is 0 Å². The van der Waals surface area contributed by atoms with Crippen molar-refractivity contribution in [3.05, 3.63) is 29.8 Å². The summed E-state index contributed by atoms with van der Waals surface area (Å²) in [5.41, 5.74) is 1.18. The van der Waals surface area contributed by atoms with Crippen molar-refractivity contribution in [2.45, 2.75) is 13.8 Å². The van der Waals surface area contributed by atoms with Crippen LogP contribution in [-0.2, 0) is 0 Å². The summed E-state index contributed by atoms with van der Waals surface area (Å²) in [6.07, 6.45) is 0. The quantitative estimate of drug-likeness (QED) is 0.544. The van der Waals surface area contributed by atoms with Crippen LogP contribution in [0, 0.1) is 6.92 Å². The molecule has 0 saturated carbocycles. The van der Waals surface area contributed by atoms with Gasteiger partial charge in [0.1, 0.15) is 12.5 Å². The Kier molecular flexibility index (Phi) is 3.61. The van der Waals surface area contributed by atoms with E-state index in [0.717, 1.165) is 12.3 Å². The van der Waals surface area contributed by atoms with Crippen LogP contribution >= 0.6 is 0 Å². The summed E-state index contributed by atoms with van der Waals surface area (Å²) >= 11 is 0. The lowest BCUT2D eigenvalue weighted by atomic mass is 10.2. The van der Waals surface area contributed by atoms with Crippen LogP contribution in [0.15, 0.2) is 24.3 Å². The number of hydrogen-bond acceptors (Lipinski definition) is 2. The molecule has 0 aliphatic carbocycles. The molecule has 0 spiro atoms. The fourth-order valence-electron chi connectivity index (χ4n) is 0.949. The van der Waals surface area contributed by atoms with E-state index in [1.807, 2.05) is 31.2 Å². The maximum atomic E-state index is 5.47. The third-order valence-corrected chi connectivity index (χ3v) is 1.67. The highest BCUT2D eigenvalue weighted by atomic mass is 16.5. The SMILES string of the molecule is CCNCOc1ccccc1C. The summed E-state index contributed by atoms with van der Waals surface area (Å²) in [7, 11) is 0. The van der Waals surface area contributed by atoms with Crippen molar-refractivity contribution in [1.29, 1.82) is 0 Å². The number of nitrogens with one attached hydrogen (secondary N) is 1. The van der Waals surface area contributed by atoms with Crippen molar-refractivity contribution in [3.63, 3.8) is 0 Å². The first-order valence-corrected chi connectivity index (χ1v) is 4.23. The molecule has 0 heterocycles. The van der Waals surface area contributed by atoms with E-state index in [0.29, 0.717) is 6.73 Å². The summed E-state index contributed by atoms with van der Waals surface area (Å²) in [5.74, 6) is 0.957. The van der Waals surface area contributed by atoms with E-state index in [9.17, 15) is 0 Å². The average molecular weight is 165 g/mol. The Bertz CT molecular complexity index is 235. The molecule has 0 aliphatic rings. The molecule has 0 fully saturated rings. The number of para-hydroxylation sites is 1. The Morgan fingerprint density at radius 1 is 1.33 bits per heavy atom. The van der Waals surface area contributed by atoms with E-state index in [2.05, 4.69) is 12.2 Å². The summed E-state index contributed by atoms with van der Waals surface area (Å²) < 4.78 is 5.47. The highest BCUT2D eigenvalue weighted by Crippen LogP contribution is 2.15. The van der Waals surface area contributed by atoms with Gasteiger partial charge >= 0.3 is 0 Å². The molecule has 0 aliphatic heterocycles. The minimum absolute atomic E-state index is 0.585. The van der Waals surface area contributed by atoms with Crippen LogP contribution in [0.1, 0.15) is 12.5 Å². The van der Waals surface area contributed by atoms with E-state index in [1.54, 1.807) is 0 Å². The molecule has 0 atom stereocenters. The summed E-state index contributed by atoms with van der Waals surface area (Å²) in [5, 5.41) is 3.10.